The van der Waals surface area contributed by atoms with E-state index in [1.54, 1.807) is 6.07 Å². The van der Waals surface area contributed by atoms with Crippen LogP contribution in [0.1, 0.15) is 21.5 Å². The minimum Gasteiger partial charge on any atom is -0.478 e. The fourth-order valence-electron chi connectivity index (χ4n) is 1.24. The first-order chi connectivity index (χ1) is 7.99. The Morgan fingerprint density at radius 2 is 2.24 bits per heavy atom. The molecule has 0 aliphatic carbocycles. The quantitative estimate of drug-likeness (QED) is 0.868. The van der Waals surface area contributed by atoms with Gasteiger partial charge in [0, 0.05) is 10.9 Å². The van der Waals surface area contributed by atoms with Crippen LogP contribution in [0.3, 0.4) is 0 Å². The summed E-state index contributed by atoms with van der Waals surface area (Å²) in [6, 6.07) is 3.87. The lowest BCUT2D eigenvalue weighted by Crippen LogP contribution is -2.09. The van der Waals surface area contributed by atoms with Crippen LogP contribution >= 0.6 is 15.9 Å². The molecule has 0 radical (unpaired) electrons. The van der Waals surface area contributed by atoms with Crippen molar-refractivity contribution in [1.82, 2.24) is 0 Å². The second-order valence-corrected chi connectivity index (χ2v) is 3.49. The van der Waals surface area contributed by atoms with E-state index >= 15 is 0 Å². The third-order valence-electron chi connectivity index (χ3n) is 1.92. The molecule has 17 heavy (non-hydrogen) atoms. The number of rotatable bonds is 4. The van der Waals surface area contributed by atoms with Crippen molar-refractivity contribution in [3.63, 3.8) is 0 Å². The number of ether oxygens (including phenoxy) is 1. The minimum atomic E-state index is -3.08. The van der Waals surface area contributed by atoms with Gasteiger partial charge < -0.3 is 9.84 Å². The molecule has 1 N–H and O–H groups in total. The van der Waals surface area contributed by atoms with Gasteiger partial charge in [-0.05, 0) is 12.1 Å². The van der Waals surface area contributed by atoms with Gasteiger partial charge in [0.1, 0.15) is 5.75 Å². The van der Waals surface area contributed by atoms with Gasteiger partial charge in [0.15, 0.2) is 0 Å². The van der Waals surface area contributed by atoms with Crippen LogP contribution in [-0.4, -0.2) is 17.7 Å². The van der Waals surface area contributed by atoms with Gasteiger partial charge in [-0.15, -0.1) is 0 Å². The Hall–Kier alpha value is -1.68. The number of hydrogen-bond donors (Lipinski definition) is 1. The molecule has 0 bridgehead atoms. The fourth-order valence-corrected chi connectivity index (χ4v) is 1.82. The van der Waals surface area contributed by atoms with Crippen molar-refractivity contribution in [2.75, 3.05) is 0 Å². The summed E-state index contributed by atoms with van der Waals surface area (Å²) in [6.45, 7) is -3.08. The van der Waals surface area contributed by atoms with E-state index in [0.29, 0.717) is 0 Å². The lowest BCUT2D eigenvalue weighted by atomic mass is 10.0. The van der Waals surface area contributed by atoms with Gasteiger partial charge in [-0.3, -0.25) is 0 Å². The summed E-state index contributed by atoms with van der Waals surface area (Å²) in [4.78, 5) is 10.9. The monoisotopic (exact) mass is 305 g/mol. The average molecular weight is 306 g/mol. The Balaban J connectivity index is 3.40. The fraction of sp³-hybridized carbons (Fsp3) is 0.200. The molecule has 90 valence electrons. The molecule has 7 heteroatoms. The lowest BCUT2D eigenvalue weighted by molar-refractivity contribution is -0.0504. The standard InChI is InChI=1S/C10H6BrF2NO3/c11-3-7-6(9(15)16)1-5(4-14)2-8(7)17-10(12)13/h1-2,10H,3H2,(H,15,16). The van der Waals surface area contributed by atoms with Gasteiger partial charge in [0.2, 0.25) is 0 Å². The Kier molecular flexibility index (Phi) is 4.40. The number of nitriles is 1. The lowest BCUT2D eigenvalue weighted by Gasteiger charge is -2.11. The van der Waals surface area contributed by atoms with Crippen LogP contribution in [0.5, 0.6) is 5.75 Å². The van der Waals surface area contributed by atoms with Crippen molar-refractivity contribution in [2.45, 2.75) is 11.9 Å². The molecule has 1 aromatic carbocycles. The van der Waals surface area contributed by atoms with Crippen molar-refractivity contribution in [1.29, 1.82) is 5.26 Å². The minimum absolute atomic E-state index is 0.0302. The summed E-state index contributed by atoms with van der Waals surface area (Å²) in [6.07, 6.45) is 0. The number of aromatic carboxylic acids is 1. The van der Waals surface area contributed by atoms with Crippen LogP contribution in [0.25, 0.3) is 0 Å². The summed E-state index contributed by atoms with van der Waals surface area (Å²) in [5, 5.41) is 17.6. The largest absolute Gasteiger partial charge is 0.478 e. The van der Waals surface area contributed by atoms with E-state index in [2.05, 4.69) is 20.7 Å². The zero-order valence-electron chi connectivity index (χ0n) is 8.28. The van der Waals surface area contributed by atoms with Crippen LogP contribution in [0.2, 0.25) is 0 Å². The predicted molar refractivity (Wildman–Crippen MR) is 57.4 cm³/mol. The molecule has 0 spiro atoms. The number of halogens is 3. The highest BCUT2D eigenvalue weighted by Gasteiger charge is 2.18. The maximum absolute atomic E-state index is 12.1. The number of carboxylic acids is 1. The zero-order valence-corrected chi connectivity index (χ0v) is 9.87. The van der Waals surface area contributed by atoms with Crippen LogP contribution < -0.4 is 4.74 Å². The van der Waals surface area contributed by atoms with Crippen molar-refractivity contribution in [3.05, 3.63) is 28.8 Å². The number of nitrogens with zero attached hydrogens (tertiary/aromatic N) is 1. The van der Waals surface area contributed by atoms with Crippen molar-refractivity contribution in [2.24, 2.45) is 0 Å². The van der Waals surface area contributed by atoms with E-state index in [9.17, 15) is 13.6 Å². The van der Waals surface area contributed by atoms with Gasteiger partial charge in [0.25, 0.3) is 0 Å². The molecule has 0 aliphatic rings. The van der Waals surface area contributed by atoms with E-state index in [-0.39, 0.29) is 27.8 Å². The van der Waals surface area contributed by atoms with Crippen LogP contribution in [0.15, 0.2) is 12.1 Å². The molecule has 0 amide bonds. The molecular formula is C10H6BrF2NO3. The number of carbonyl (C=O) groups is 1. The third kappa shape index (κ3) is 3.14. The van der Waals surface area contributed by atoms with Gasteiger partial charge in [-0.1, -0.05) is 15.9 Å². The normalized spacial score (nSPS) is 10.1. The summed E-state index contributed by atoms with van der Waals surface area (Å²) in [5.74, 6) is -1.62. The third-order valence-corrected chi connectivity index (χ3v) is 2.48. The highest BCUT2D eigenvalue weighted by atomic mass is 79.9. The summed E-state index contributed by atoms with van der Waals surface area (Å²) < 4.78 is 28.5. The predicted octanol–water partition coefficient (Wildman–Crippen LogP) is 2.75. The second kappa shape index (κ2) is 5.59. The molecule has 0 aromatic heterocycles. The first-order valence-corrected chi connectivity index (χ1v) is 5.42. The van der Waals surface area contributed by atoms with Crippen molar-refractivity contribution < 1.29 is 23.4 Å². The molecule has 0 saturated carbocycles. The molecule has 0 aliphatic heterocycles. The second-order valence-electron chi connectivity index (χ2n) is 2.93. The molecule has 0 atom stereocenters. The molecule has 0 heterocycles. The Morgan fingerprint density at radius 1 is 1.59 bits per heavy atom. The highest BCUT2D eigenvalue weighted by Crippen LogP contribution is 2.28. The van der Waals surface area contributed by atoms with Crippen LogP contribution in [0.4, 0.5) is 8.78 Å². The zero-order chi connectivity index (χ0) is 13.0. The van der Waals surface area contributed by atoms with E-state index < -0.39 is 12.6 Å². The molecule has 0 unspecified atom stereocenters. The SMILES string of the molecule is N#Cc1cc(OC(F)F)c(CBr)c(C(=O)O)c1. The molecule has 1 aromatic rings. The first-order valence-electron chi connectivity index (χ1n) is 4.30. The number of alkyl halides is 3. The van der Waals surface area contributed by atoms with Gasteiger partial charge in [-0.2, -0.15) is 14.0 Å². The van der Waals surface area contributed by atoms with E-state index in [1.807, 2.05) is 0 Å². The summed E-state index contributed by atoms with van der Waals surface area (Å²) in [7, 11) is 0. The highest BCUT2D eigenvalue weighted by molar-refractivity contribution is 9.08. The molecule has 4 nitrogen and oxygen atoms in total. The summed E-state index contributed by atoms with van der Waals surface area (Å²) in [5.41, 5.74) is -0.226. The molecule has 0 fully saturated rings. The first kappa shape index (κ1) is 13.4. The topological polar surface area (TPSA) is 70.3 Å². The average Bonchev–Trinajstić information content (AvgIpc) is 2.26. The van der Waals surface area contributed by atoms with Gasteiger partial charge >= 0.3 is 12.6 Å². The van der Waals surface area contributed by atoms with E-state index in [1.165, 1.54) is 0 Å². The molecule has 1 rings (SSSR count). The Bertz CT molecular complexity index is 485. The van der Waals surface area contributed by atoms with Crippen LogP contribution in [-0.2, 0) is 5.33 Å². The molecule has 0 saturated heterocycles. The number of carboxylic acid groups (broad SMARTS) is 1. The Labute approximate surface area is 104 Å². The summed E-state index contributed by atoms with van der Waals surface area (Å²) >= 11 is 2.99. The van der Waals surface area contributed by atoms with Gasteiger partial charge in [-0.25, -0.2) is 4.79 Å². The number of benzene rings is 1. The van der Waals surface area contributed by atoms with Crippen molar-refractivity contribution >= 4 is 21.9 Å². The maximum Gasteiger partial charge on any atom is 0.387 e. The Morgan fingerprint density at radius 3 is 2.65 bits per heavy atom. The smallest absolute Gasteiger partial charge is 0.387 e. The molecular weight excluding hydrogens is 300 g/mol. The van der Waals surface area contributed by atoms with Crippen LogP contribution in [0, 0.1) is 11.3 Å². The number of hydrogen-bond acceptors (Lipinski definition) is 3. The van der Waals surface area contributed by atoms with E-state index in [4.69, 9.17) is 10.4 Å². The van der Waals surface area contributed by atoms with E-state index in [0.717, 1.165) is 12.1 Å². The van der Waals surface area contributed by atoms with Gasteiger partial charge in [0.05, 0.1) is 17.2 Å². The van der Waals surface area contributed by atoms with Crippen molar-refractivity contribution in [3.8, 4) is 11.8 Å². The maximum atomic E-state index is 12.1.